The van der Waals surface area contributed by atoms with Gasteiger partial charge < -0.3 is 5.73 Å². The molecule has 1 nitrogen and oxygen atoms in total. The molecule has 1 unspecified atom stereocenters. The summed E-state index contributed by atoms with van der Waals surface area (Å²) in [5, 5.41) is 0. The Bertz CT molecular complexity index is 548. The van der Waals surface area contributed by atoms with E-state index < -0.39 is 0 Å². The topological polar surface area (TPSA) is 26.0 Å². The standard InChI is InChI=1S/C13H13Br2NS/c1-7-3-4-9(5-8(7)2)12(16)10-6-11(14)17-13(10)15/h3-6,12H,16H2,1-2H3. The maximum Gasteiger partial charge on any atom is 0.0761 e. The van der Waals surface area contributed by atoms with E-state index in [4.69, 9.17) is 5.73 Å². The van der Waals surface area contributed by atoms with E-state index in [1.807, 2.05) is 0 Å². The lowest BCUT2D eigenvalue weighted by Crippen LogP contribution is -2.11. The maximum atomic E-state index is 6.31. The number of hydrogen-bond donors (Lipinski definition) is 1. The molecular formula is C13H13Br2NS. The first-order chi connectivity index (χ1) is 7.99. The lowest BCUT2D eigenvalue weighted by atomic mass is 9.98. The molecule has 0 aliphatic carbocycles. The third kappa shape index (κ3) is 2.81. The van der Waals surface area contributed by atoms with E-state index in [9.17, 15) is 0 Å². The number of nitrogens with two attached hydrogens (primary N) is 1. The molecule has 0 spiro atoms. The Hall–Kier alpha value is -0.160. The van der Waals surface area contributed by atoms with Crippen LogP contribution in [0.5, 0.6) is 0 Å². The van der Waals surface area contributed by atoms with Crippen molar-refractivity contribution in [2.24, 2.45) is 5.73 Å². The van der Waals surface area contributed by atoms with Crippen molar-refractivity contribution in [1.82, 2.24) is 0 Å². The van der Waals surface area contributed by atoms with Crippen molar-refractivity contribution in [2.45, 2.75) is 19.9 Å². The quantitative estimate of drug-likeness (QED) is 0.791. The number of rotatable bonds is 2. The zero-order valence-corrected chi connectivity index (χ0v) is 13.6. The fraction of sp³-hybridized carbons (Fsp3) is 0.231. The van der Waals surface area contributed by atoms with Crippen molar-refractivity contribution >= 4 is 43.2 Å². The fourth-order valence-electron chi connectivity index (χ4n) is 1.70. The number of thiophene rings is 1. The minimum atomic E-state index is -0.0776. The molecule has 0 aliphatic heterocycles. The van der Waals surface area contributed by atoms with Gasteiger partial charge in [0.15, 0.2) is 0 Å². The molecule has 1 aromatic heterocycles. The van der Waals surface area contributed by atoms with Gasteiger partial charge in [-0.25, -0.2) is 0 Å². The second-order valence-electron chi connectivity index (χ2n) is 4.10. The minimum Gasteiger partial charge on any atom is -0.320 e. The van der Waals surface area contributed by atoms with Crippen LogP contribution in [0, 0.1) is 13.8 Å². The molecule has 2 rings (SSSR count). The van der Waals surface area contributed by atoms with E-state index in [1.54, 1.807) is 11.3 Å². The van der Waals surface area contributed by atoms with Crippen LogP contribution in [0.25, 0.3) is 0 Å². The molecule has 1 aromatic carbocycles. The molecular weight excluding hydrogens is 362 g/mol. The zero-order valence-electron chi connectivity index (χ0n) is 9.63. The Morgan fingerprint density at radius 2 is 1.82 bits per heavy atom. The summed E-state index contributed by atoms with van der Waals surface area (Å²) in [6.45, 7) is 4.23. The summed E-state index contributed by atoms with van der Waals surface area (Å²) in [6.07, 6.45) is 0. The predicted octanol–water partition coefficient (Wildman–Crippen LogP) is 4.94. The van der Waals surface area contributed by atoms with Crippen LogP contribution < -0.4 is 5.73 Å². The van der Waals surface area contributed by atoms with Crippen LogP contribution >= 0.6 is 43.2 Å². The Balaban J connectivity index is 2.40. The molecule has 0 saturated carbocycles. The van der Waals surface area contributed by atoms with Crippen LogP contribution in [0.2, 0.25) is 0 Å². The monoisotopic (exact) mass is 373 g/mol. The summed E-state index contributed by atoms with van der Waals surface area (Å²) in [5.41, 5.74) is 11.2. The van der Waals surface area contributed by atoms with Crippen LogP contribution in [0.15, 0.2) is 31.8 Å². The van der Waals surface area contributed by atoms with Crippen LogP contribution in [0.4, 0.5) is 0 Å². The van der Waals surface area contributed by atoms with Gasteiger partial charge in [-0.05, 0) is 74.0 Å². The van der Waals surface area contributed by atoms with Gasteiger partial charge in [0.05, 0.1) is 13.6 Å². The van der Waals surface area contributed by atoms with Gasteiger partial charge in [0, 0.05) is 0 Å². The Labute approximate surface area is 122 Å². The van der Waals surface area contributed by atoms with Crippen LogP contribution in [0.1, 0.15) is 28.3 Å². The van der Waals surface area contributed by atoms with Gasteiger partial charge in [-0.2, -0.15) is 0 Å². The molecule has 0 fully saturated rings. The largest absolute Gasteiger partial charge is 0.320 e. The predicted molar refractivity (Wildman–Crippen MR) is 81.7 cm³/mol. The third-order valence-corrected chi connectivity index (χ3v) is 5.29. The first kappa shape index (κ1) is 13.3. The number of halogens is 2. The van der Waals surface area contributed by atoms with Crippen LogP contribution in [-0.4, -0.2) is 0 Å². The summed E-state index contributed by atoms with van der Waals surface area (Å²) in [6, 6.07) is 8.39. The van der Waals surface area contributed by atoms with Gasteiger partial charge in [-0.15, -0.1) is 11.3 Å². The van der Waals surface area contributed by atoms with E-state index in [0.29, 0.717) is 0 Å². The Kier molecular flexibility index (Phi) is 4.08. The average Bonchev–Trinajstić information content (AvgIpc) is 2.61. The normalized spacial score (nSPS) is 12.8. The van der Waals surface area contributed by atoms with Crippen molar-refractivity contribution in [3.05, 3.63) is 54.1 Å². The summed E-state index contributed by atoms with van der Waals surface area (Å²) >= 11 is 8.69. The lowest BCUT2D eigenvalue weighted by Gasteiger charge is -2.13. The first-order valence-corrected chi connectivity index (χ1v) is 7.66. The van der Waals surface area contributed by atoms with Gasteiger partial charge in [0.25, 0.3) is 0 Å². The smallest absolute Gasteiger partial charge is 0.0761 e. The number of hydrogen-bond acceptors (Lipinski definition) is 2. The van der Waals surface area contributed by atoms with Crippen LogP contribution in [0.3, 0.4) is 0 Å². The van der Waals surface area contributed by atoms with E-state index in [-0.39, 0.29) is 6.04 Å². The second kappa shape index (κ2) is 5.22. The Morgan fingerprint density at radius 1 is 1.12 bits per heavy atom. The first-order valence-electron chi connectivity index (χ1n) is 5.26. The average molecular weight is 375 g/mol. The summed E-state index contributed by atoms with van der Waals surface area (Å²) in [4.78, 5) is 0. The molecule has 90 valence electrons. The fourth-order valence-corrected chi connectivity index (χ4v) is 4.63. The van der Waals surface area contributed by atoms with Gasteiger partial charge in [0.1, 0.15) is 0 Å². The highest BCUT2D eigenvalue weighted by molar-refractivity contribution is 9.12. The highest BCUT2D eigenvalue weighted by atomic mass is 79.9. The van der Waals surface area contributed by atoms with Crippen molar-refractivity contribution in [3.63, 3.8) is 0 Å². The van der Waals surface area contributed by atoms with Crippen molar-refractivity contribution in [3.8, 4) is 0 Å². The molecule has 0 radical (unpaired) electrons. The molecule has 0 bridgehead atoms. The molecule has 1 heterocycles. The van der Waals surface area contributed by atoms with Gasteiger partial charge in [0.2, 0.25) is 0 Å². The van der Waals surface area contributed by atoms with E-state index in [0.717, 1.165) is 18.7 Å². The van der Waals surface area contributed by atoms with Crippen LogP contribution in [-0.2, 0) is 0 Å². The number of benzene rings is 1. The molecule has 0 saturated heterocycles. The highest BCUT2D eigenvalue weighted by Gasteiger charge is 2.15. The van der Waals surface area contributed by atoms with Crippen molar-refractivity contribution in [2.75, 3.05) is 0 Å². The van der Waals surface area contributed by atoms with Gasteiger partial charge in [-0.1, -0.05) is 18.2 Å². The lowest BCUT2D eigenvalue weighted by molar-refractivity contribution is 0.869. The van der Waals surface area contributed by atoms with E-state index >= 15 is 0 Å². The third-order valence-electron chi connectivity index (χ3n) is 2.91. The second-order valence-corrected chi connectivity index (χ2v) is 7.85. The molecule has 0 aliphatic rings. The molecule has 17 heavy (non-hydrogen) atoms. The van der Waals surface area contributed by atoms with Crippen molar-refractivity contribution in [1.29, 1.82) is 0 Å². The van der Waals surface area contributed by atoms with E-state index in [1.165, 1.54) is 11.1 Å². The Morgan fingerprint density at radius 3 is 2.35 bits per heavy atom. The van der Waals surface area contributed by atoms with E-state index in [2.05, 4.69) is 70.0 Å². The summed E-state index contributed by atoms with van der Waals surface area (Å²) in [5.74, 6) is 0. The molecule has 2 aromatic rings. The zero-order chi connectivity index (χ0) is 12.6. The SMILES string of the molecule is Cc1ccc(C(N)c2cc(Br)sc2Br)cc1C. The minimum absolute atomic E-state index is 0.0776. The highest BCUT2D eigenvalue weighted by Crippen LogP contribution is 2.37. The molecule has 4 heteroatoms. The molecule has 2 N–H and O–H groups in total. The number of aryl methyl sites for hydroxylation is 2. The molecule has 1 atom stereocenters. The van der Waals surface area contributed by atoms with Gasteiger partial charge in [-0.3, -0.25) is 0 Å². The van der Waals surface area contributed by atoms with Gasteiger partial charge >= 0.3 is 0 Å². The maximum absolute atomic E-state index is 6.31. The summed E-state index contributed by atoms with van der Waals surface area (Å²) in [7, 11) is 0. The molecule has 0 amide bonds. The van der Waals surface area contributed by atoms with Crippen molar-refractivity contribution < 1.29 is 0 Å². The summed E-state index contributed by atoms with van der Waals surface area (Å²) < 4.78 is 2.19.